The first-order valence-electron chi connectivity index (χ1n) is 9.02. The fourth-order valence-corrected chi connectivity index (χ4v) is 3.77. The second-order valence-corrected chi connectivity index (χ2v) is 8.11. The smallest absolute Gasteiger partial charge is 0.410 e. The first-order valence-corrected chi connectivity index (χ1v) is 9.02. The first-order chi connectivity index (χ1) is 12.7. The van der Waals surface area contributed by atoms with E-state index in [1.165, 1.54) is 6.07 Å². The van der Waals surface area contributed by atoms with Gasteiger partial charge < -0.3 is 9.47 Å². The van der Waals surface area contributed by atoms with E-state index in [-0.39, 0.29) is 34.9 Å². The maximum atomic E-state index is 13.7. The van der Waals surface area contributed by atoms with Crippen molar-refractivity contribution in [1.29, 1.82) is 5.26 Å². The number of piperidine rings is 1. The number of Topliss-reactive ketones (excluding diaryl/α,β-unsaturated/α-hetero) is 1. The monoisotopic (exact) mass is 374 g/mol. The van der Waals surface area contributed by atoms with Crippen molar-refractivity contribution in [3.8, 4) is 6.07 Å². The lowest BCUT2D eigenvalue weighted by molar-refractivity contribution is -0.0861. The molecule has 0 aliphatic carbocycles. The van der Waals surface area contributed by atoms with Gasteiger partial charge in [-0.3, -0.25) is 9.69 Å². The molecule has 27 heavy (non-hydrogen) atoms. The Morgan fingerprint density at radius 3 is 2.41 bits per heavy atom. The van der Waals surface area contributed by atoms with E-state index in [0.29, 0.717) is 26.1 Å². The lowest BCUT2D eigenvalue weighted by Crippen LogP contribution is -2.60. The van der Waals surface area contributed by atoms with Crippen molar-refractivity contribution in [2.45, 2.75) is 51.3 Å². The van der Waals surface area contributed by atoms with Gasteiger partial charge in [-0.05, 0) is 51.8 Å². The summed E-state index contributed by atoms with van der Waals surface area (Å²) in [6, 6.07) is 5.03. The molecule has 1 aromatic rings. The number of ether oxygens (including phenoxy) is 2. The minimum Gasteiger partial charge on any atom is -0.444 e. The molecule has 2 saturated heterocycles. The standard InChI is InChI=1S/C20H23FN2O4/c1-20(2,3)27-19(25)23-16-7-14(8-17(23)11-26-10-16)18(24)13-4-12(9-22)5-15(21)6-13/h4-6,14,16-17H,7-8,10-11H2,1-3H3. The van der Waals surface area contributed by atoms with Crippen LogP contribution in [0.2, 0.25) is 0 Å². The molecule has 0 N–H and O–H groups in total. The van der Waals surface area contributed by atoms with Gasteiger partial charge in [0.25, 0.3) is 0 Å². The topological polar surface area (TPSA) is 79.6 Å². The normalized spacial score (nSPS) is 24.9. The number of carbonyl (C=O) groups is 2. The third-order valence-corrected chi connectivity index (χ3v) is 4.81. The highest BCUT2D eigenvalue weighted by Crippen LogP contribution is 2.34. The second-order valence-electron chi connectivity index (χ2n) is 8.11. The van der Waals surface area contributed by atoms with Gasteiger partial charge in [0, 0.05) is 11.5 Å². The number of carbonyl (C=O) groups excluding carboxylic acids is 2. The van der Waals surface area contributed by atoms with E-state index < -0.39 is 17.5 Å². The van der Waals surface area contributed by atoms with Gasteiger partial charge in [0.15, 0.2) is 5.78 Å². The van der Waals surface area contributed by atoms with Crippen LogP contribution in [0.3, 0.4) is 0 Å². The lowest BCUT2D eigenvalue weighted by atomic mass is 9.80. The second kappa shape index (κ2) is 7.28. The fraction of sp³-hybridized carbons (Fsp3) is 0.550. The van der Waals surface area contributed by atoms with Gasteiger partial charge in [-0.2, -0.15) is 5.26 Å². The van der Waals surface area contributed by atoms with Crippen molar-refractivity contribution in [2.75, 3.05) is 13.2 Å². The molecule has 2 aliphatic rings. The van der Waals surface area contributed by atoms with Crippen LogP contribution in [0.1, 0.15) is 49.5 Å². The summed E-state index contributed by atoms with van der Waals surface area (Å²) in [5.41, 5.74) is -0.289. The molecule has 7 heteroatoms. The molecule has 2 heterocycles. The molecule has 1 aromatic carbocycles. The molecule has 2 fully saturated rings. The Kier molecular flexibility index (Phi) is 5.20. The largest absolute Gasteiger partial charge is 0.444 e. The van der Waals surface area contributed by atoms with Crippen molar-refractivity contribution >= 4 is 11.9 Å². The predicted octanol–water partition coefficient (Wildman–Crippen LogP) is 3.29. The molecule has 6 nitrogen and oxygen atoms in total. The molecular weight excluding hydrogens is 351 g/mol. The van der Waals surface area contributed by atoms with Crippen LogP contribution in [0.5, 0.6) is 0 Å². The van der Waals surface area contributed by atoms with Crippen LogP contribution < -0.4 is 0 Å². The number of amides is 1. The number of rotatable bonds is 2. The van der Waals surface area contributed by atoms with Crippen LogP contribution in [0, 0.1) is 23.1 Å². The predicted molar refractivity (Wildman–Crippen MR) is 94.6 cm³/mol. The molecule has 144 valence electrons. The Balaban J connectivity index is 1.78. The third kappa shape index (κ3) is 4.28. The lowest BCUT2D eigenvalue weighted by Gasteiger charge is -2.47. The average molecular weight is 374 g/mol. The fourth-order valence-electron chi connectivity index (χ4n) is 3.77. The molecule has 0 saturated carbocycles. The Hall–Kier alpha value is -2.46. The maximum Gasteiger partial charge on any atom is 0.410 e. The molecule has 3 rings (SSSR count). The van der Waals surface area contributed by atoms with Crippen LogP contribution in [-0.2, 0) is 9.47 Å². The summed E-state index contributed by atoms with van der Waals surface area (Å²) in [5.74, 6) is -1.16. The van der Waals surface area contributed by atoms with Crippen LogP contribution in [0.15, 0.2) is 18.2 Å². The SMILES string of the molecule is CC(C)(C)OC(=O)N1C2COCC1CC(C(=O)c1cc(F)cc(C#N)c1)C2. The minimum atomic E-state index is -0.605. The zero-order valence-corrected chi connectivity index (χ0v) is 15.7. The van der Waals surface area contributed by atoms with E-state index in [1.54, 1.807) is 4.90 Å². The zero-order valence-electron chi connectivity index (χ0n) is 15.7. The number of ketones is 1. The Morgan fingerprint density at radius 1 is 1.22 bits per heavy atom. The van der Waals surface area contributed by atoms with E-state index in [1.807, 2.05) is 26.8 Å². The van der Waals surface area contributed by atoms with E-state index in [0.717, 1.165) is 12.1 Å². The number of hydrogen-bond acceptors (Lipinski definition) is 5. The van der Waals surface area contributed by atoms with Crippen molar-refractivity contribution in [2.24, 2.45) is 5.92 Å². The number of benzene rings is 1. The van der Waals surface area contributed by atoms with Crippen molar-refractivity contribution in [3.63, 3.8) is 0 Å². The van der Waals surface area contributed by atoms with Crippen LogP contribution in [0.25, 0.3) is 0 Å². The van der Waals surface area contributed by atoms with E-state index in [9.17, 15) is 14.0 Å². The van der Waals surface area contributed by atoms with Crippen molar-refractivity contribution in [1.82, 2.24) is 4.90 Å². The molecule has 2 unspecified atom stereocenters. The van der Waals surface area contributed by atoms with Gasteiger partial charge in [-0.25, -0.2) is 9.18 Å². The maximum absolute atomic E-state index is 13.7. The summed E-state index contributed by atoms with van der Waals surface area (Å²) in [6.07, 6.45) is 0.448. The molecule has 0 aromatic heterocycles. The number of morpholine rings is 1. The molecule has 1 amide bonds. The quantitative estimate of drug-likeness (QED) is 0.742. The highest BCUT2D eigenvalue weighted by molar-refractivity contribution is 5.98. The summed E-state index contributed by atoms with van der Waals surface area (Å²) in [7, 11) is 0. The Bertz CT molecular complexity index is 782. The van der Waals surface area contributed by atoms with E-state index in [4.69, 9.17) is 14.7 Å². The summed E-state index contributed by atoms with van der Waals surface area (Å²) in [6.45, 7) is 6.11. The molecular formula is C20H23FN2O4. The Labute approximate surface area is 157 Å². The highest BCUT2D eigenvalue weighted by Gasteiger charge is 2.45. The Morgan fingerprint density at radius 2 is 1.85 bits per heavy atom. The van der Waals surface area contributed by atoms with E-state index >= 15 is 0 Å². The minimum absolute atomic E-state index is 0.119. The summed E-state index contributed by atoms with van der Waals surface area (Å²) < 4.78 is 24.8. The van der Waals surface area contributed by atoms with Crippen molar-refractivity contribution in [3.05, 3.63) is 35.1 Å². The van der Waals surface area contributed by atoms with Gasteiger partial charge in [-0.1, -0.05) is 0 Å². The number of nitrogens with zero attached hydrogens (tertiary/aromatic N) is 2. The van der Waals surface area contributed by atoms with Gasteiger partial charge in [0.05, 0.1) is 36.9 Å². The summed E-state index contributed by atoms with van der Waals surface area (Å²) >= 11 is 0. The number of hydrogen-bond donors (Lipinski definition) is 0. The van der Waals surface area contributed by atoms with Gasteiger partial charge >= 0.3 is 6.09 Å². The van der Waals surface area contributed by atoms with Crippen LogP contribution >= 0.6 is 0 Å². The molecule has 0 radical (unpaired) electrons. The molecule has 2 bridgehead atoms. The van der Waals surface area contributed by atoms with Gasteiger partial charge in [-0.15, -0.1) is 0 Å². The van der Waals surface area contributed by atoms with Crippen molar-refractivity contribution < 1.29 is 23.5 Å². The number of halogens is 1. The number of nitriles is 1. The highest BCUT2D eigenvalue weighted by atomic mass is 19.1. The van der Waals surface area contributed by atoms with Crippen LogP contribution in [0.4, 0.5) is 9.18 Å². The number of fused-ring (bicyclic) bond motifs is 2. The molecule has 0 spiro atoms. The molecule has 2 atom stereocenters. The zero-order chi connectivity index (χ0) is 19.8. The van der Waals surface area contributed by atoms with Gasteiger partial charge in [0.2, 0.25) is 0 Å². The summed E-state index contributed by atoms with van der Waals surface area (Å²) in [5, 5.41) is 9.00. The van der Waals surface area contributed by atoms with Crippen LogP contribution in [-0.4, -0.2) is 47.7 Å². The van der Waals surface area contributed by atoms with Gasteiger partial charge in [0.1, 0.15) is 11.4 Å². The molecule has 2 aliphatic heterocycles. The van der Waals surface area contributed by atoms with E-state index in [2.05, 4.69) is 0 Å². The average Bonchev–Trinajstić information content (AvgIpc) is 2.57. The third-order valence-electron chi connectivity index (χ3n) is 4.81. The summed E-state index contributed by atoms with van der Waals surface area (Å²) in [4.78, 5) is 27.2. The first kappa shape index (κ1) is 19.3.